The van der Waals surface area contributed by atoms with E-state index < -0.39 is 5.54 Å². The summed E-state index contributed by atoms with van der Waals surface area (Å²) in [6.45, 7) is 7.89. The lowest BCUT2D eigenvalue weighted by atomic mass is 9.85. The van der Waals surface area contributed by atoms with Crippen molar-refractivity contribution in [2.45, 2.75) is 51.7 Å². The first-order chi connectivity index (χ1) is 15.0. The van der Waals surface area contributed by atoms with E-state index in [1.807, 2.05) is 53.4 Å². The third-order valence-electron chi connectivity index (χ3n) is 6.80. The summed E-state index contributed by atoms with van der Waals surface area (Å²) in [4.78, 5) is 37.2. The van der Waals surface area contributed by atoms with Crippen LogP contribution in [0.1, 0.15) is 44.4 Å². The van der Waals surface area contributed by atoms with Crippen molar-refractivity contribution in [3.63, 3.8) is 0 Å². The van der Waals surface area contributed by atoms with E-state index in [0.717, 1.165) is 37.3 Å². The van der Waals surface area contributed by atoms with Gasteiger partial charge < -0.3 is 9.80 Å². The molecule has 1 atom stereocenters. The summed E-state index contributed by atoms with van der Waals surface area (Å²) in [5.41, 5.74) is 1.02. The third kappa shape index (κ3) is 4.35. The molecule has 3 amide bonds. The SMILES string of the molecule is CC[C@@H](C)CN1CCC2(CC1)C(=O)N(Cc1ccccn1)C(=O)N2Cc1ccccc1. The molecule has 0 aliphatic carbocycles. The maximum Gasteiger partial charge on any atom is 0.328 e. The Kier molecular flexibility index (Phi) is 6.37. The van der Waals surface area contributed by atoms with E-state index in [2.05, 4.69) is 23.7 Å². The summed E-state index contributed by atoms with van der Waals surface area (Å²) in [7, 11) is 0. The van der Waals surface area contributed by atoms with Crippen molar-refractivity contribution in [3.05, 3.63) is 66.0 Å². The number of carbonyl (C=O) groups excluding carboxylic acids is 2. The molecule has 6 nitrogen and oxygen atoms in total. The van der Waals surface area contributed by atoms with E-state index in [1.165, 1.54) is 4.90 Å². The van der Waals surface area contributed by atoms with Crippen LogP contribution in [0.5, 0.6) is 0 Å². The second kappa shape index (κ2) is 9.18. The summed E-state index contributed by atoms with van der Waals surface area (Å²) in [6, 6.07) is 15.4. The molecular formula is C25H32N4O2. The van der Waals surface area contributed by atoms with Crippen molar-refractivity contribution in [3.8, 4) is 0 Å². The van der Waals surface area contributed by atoms with Crippen LogP contribution in [-0.2, 0) is 17.9 Å². The first-order valence-electron chi connectivity index (χ1n) is 11.3. The maximum atomic E-state index is 13.7. The van der Waals surface area contributed by atoms with Crippen LogP contribution in [0.4, 0.5) is 4.79 Å². The minimum Gasteiger partial charge on any atom is -0.305 e. The standard InChI is InChI=1S/C25H32N4O2/c1-3-20(2)17-27-15-12-25(13-16-27)23(30)28(19-22-11-7-8-14-26-22)24(31)29(25)18-21-9-5-4-6-10-21/h4-11,14,20H,3,12-13,15-19H2,1-2H3/t20-/m1/s1. The van der Waals surface area contributed by atoms with Crippen LogP contribution in [0.25, 0.3) is 0 Å². The van der Waals surface area contributed by atoms with E-state index in [0.29, 0.717) is 25.3 Å². The van der Waals surface area contributed by atoms with Gasteiger partial charge in [0.15, 0.2) is 0 Å². The number of piperidine rings is 1. The van der Waals surface area contributed by atoms with Gasteiger partial charge in [-0.2, -0.15) is 0 Å². The number of urea groups is 1. The van der Waals surface area contributed by atoms with Gasteiger partial charge in [0, 0.05) is 32.4 Å². The molecule has 0 saturated carbocycles. The van der Waals surface area contributed by atoms with Gasteiger partial charge in [-0.25, -0.2) is 4.79 Å². The number of imide groups is 1. The van der Waals surface area contributed by atoms with Crippen molar-refractivity contribution < 1.29 is 9.59 Å². The molecule has 2 aromatic rings. The zero-order valence-electron chi connectivity index (χ0n) is 18.5. The number of carbonyl (C=O) groups is 2. The monoisotopic (exact) mass is 420 g/mol. The summed E-state index contributed by atoms with van der Waals surface area (Å²) in [6.07, 6.45) is 4.21. The molecule has 164 valence electrons. The number of pyridine rings is 1. The van der Waals surface area contributed by atoms with Crippen molar-refractivity contribution in [2.75, 3.05) is 19.6 Å². The zero-order valence-corrected chi connectivity index (χ0v) is 18.5. The normalized spacial score (nSPS) is 19.9. The molecule has 2 saturated heterocycles. The zero-order chi connectivity index (χ0) is 21.8. The number of aromatic nitrogens is 1. The smallest absolute Gasteiger partial charge is 0.305 e. The predicted molar refractivity (Wildman–Crippen MR) is 120 cm³/mol. The molecule has 1 aromatic heterocycles. The Labute approximate surface area is 184 Å². The molecule has 0 bridgehead atoms. The molecule has 2 aliphatic rings. The topological polar surface area (TPSA) is 56.8 Å². The highest BCUT2D eigenvalue weighted by atomic mass is 16.2. The summed E-state index contributed by atoms with van der Waals surface area (Å²) >= 11 is 0. The Morgan fingerprint density at radius 2 is 1.71 bits per heavy atom. The maximum absolute atomic E-state index is 13.7. The Hall–Kier alpha value is -2.73. The van der Waals surface area contributed by atoms with Crippen LogP contribution < -0.4 is 0 Å². The van der Waals surface area contributed by atoms with Gasteiger partial charge in [0.05, 0.1) is 12.2 Å². The Morgan fingerprint density at radius 1 is 1.00 bits per heavy atom. The molecular weight excluding hydrogens is 388 g/mol. The fourth-order valence-electron chi connectivity index (χ4n) is 4.72. The molecule has 31 heavy (non-hydrogen) atoms. The van der Waals surface area contributed by atoms with Gasteiger partial charge in [0.1, 0.15) is 5.54 Å². The molecule has 0 unspecified atom stereocenters. The highest BCUT2D eigenvalue weighted by Crippen LogP contribution is 2.39. The lowest BCUT2D eigenvalue weighted by Gasteiger charge is -2.42. The highest BCUT2D eigenvalue weighted by Gasteiger charge is 2.57. The van der Waals surface area contributed by atoms with Gasteiger partial charge in [-0.3, -0.25) is 14.7 Å². The van der Waals surface area contributed by atoms with Crippen LogP contribution in [0.15, 0.2) is 54.7 Å². The van der Waals surface area contributed by atoms with Gasteiger partial charge in [0.25, 0.3) is 5.91 Å². The van der Waals surface area contributed by atoms with E-state index >= 15 is 0 Å². The molecule has 4 rings (SSSR count). The second-order valence-corrected chi connectivity index (χ2v) is 8.91. The minimum atomic E-state index is -0.756. The lowest BCUT2D eigenvalue weighted by molar-refractivity contribution is -0.136. The van der Waals surface area contributed by atoms with E-state index in [4.69, 9.17) is 0 Å². The number of nitrogens with zero attached hydrogens (tertiary/aromatic N) is 4. The third-order valence-corrected chi connectivity index (χ3v) is 6.80. The van der Waals surface area contributed by atoms with E-state index in [1.54, 1.807) is 6.20 Å². The van der Waals surface area contributed by atoms with Crippen molar-refractivity contribution in [2.24, 2.45) is 5.92 Å². The molecule has 0 radical (unpaired) electrons. The van der Waals surface area contributed by atoms with Crippen LogP contribution in [0.2, 0.25) is 0 Å². The van der Waals surface area contributed by atoms with Crippen LogP contribution in [0, 0.1) is 5.92 Å². The fraction of sp³-hybridized carbons (Fsp3) is 0.480. The molecule has 0 N–H and O–H groups in total. The highest BCUT2D eigenvalue weighted by molar-refractivity contribution is 6.07. The Morgan fingerprint density at radius 3 is 2.35 bits per heavy atom. The summed E-state index contributed by atoms with van der Waals surface area (Å²) in [5, 5.41) is 0. The van der Waals surface area contributed by atoms with Gasteiger partial charge in [-0.05, 0) is 36.5 Å². The molecule has 6 heteroatoms. The number of rotatable bonds is 7. The van der Waals surface area contributed by atoms with Gasteiger partial charge >= 0.3 is 6.03 Å². The molecule has 1 spiro atoms. The average Bonchev–Trinajstić information content (AvgIpc) is 2.98. The molecule has 1 aromatic carbocycles. The number of hydrogen-bond donors (Lipinski definition) is 0. The van der Waals surface area contributed by atoms with E-state index in [-0.39, 0.29) is 18.5 Å². The first-order valence-corrected chi connectivity index (χ1v) is 11.3. The number of benzene rings is 1. The summed E-state index contributed by atoms with van der Waals surface area (Å²) < 4.78 is 0. The number of hydrogen-bond acceptors (Lipinski definition) is 4. The minimum absolute atomic E-state index is 0.0673. The summed E-state index contributed by atoms with van der Waals surface area (Å²) in [5.74, 6) is 0.568. The van der Waals surface area contributed by atoms with Gasteiger partial charge in [-0.1, -0.05) is 56.7 Å². The van der Waals surface area contributed by atoms with Crippen LogP contribution in [-0.4, -0.2) is 56.8 Å². The quantitative estimate of drug-likeness (QED) is 0.637. The first kappa shape index (κ1) is 21.5. The van der Waals surface area contributed by atoms with Crippen LogP contribution in [0.3, 0.4) is 0 Å². The van der Waals surface area contributed by atoms with Crippen molar-refractivity contribution in [1.29, 1.82) is 0 Å². The number of amides is 3. The van der Waals surface area contributed by atoms with Crippen LogP contribution >= 0.6 is 0 Å². The fourth-order valence-corrected chi connectivity index (χ4v) is 4.72. The van der Waals surface area contributed by atoms with Gasteiger partial charge in [-0.15, -0.1) is 0 Å². The molecule has 2 fully saturated rings. The van der Waals surface area contributed by atoms with E-state index in [9.17, 15) is 9.59 Å². The Balaban J connectivity index is 1.59. The van der Waals surface area contributed by atoms with Crippen molar-refractivity contribution in [1.82, 2.24) is 19.7 Å². The average molecular weight is 421 g/mol. The largest absolute Gasteiger partial charge is 0.328 e. The molecule has 3 heterocycles. The lowest BCUT2D eigenvalue weighted by Crippen LogP contribution is -2.56. The van der Waals surface area contributed by atoms with Gasteiger partial charge in [0.2, 0.25) is 0 Å². The second-order valence-electron chi connectivity index (χ2n) is 8.91. The predicted octanol–water partition coefficient (Wildman–Crippen LogP) is 3.93. The molecule has 2 aliphatic heterocycles. The van der Waals surface area contributed by atoms with Crippen molar-refractivity contribution >= 4 is 11.9 Å². The number of likely N-dealkylation sites (tertiary alicyclic amines) is 1. The Bertz CT molecular complexity index is 894.